The zero-order valence-corrected chi connectivity index (χ0v) is 16.0. The van der Waals surface area contributed by atoms with E-state index in [1.54, 1.807) is 18.2 Å². The Bertz CT molecular complexity index is 924. The van der Waals surface area contributed by atoms with Crippen LogP contribution >= 0.6 is 11.8 Å². The first-order valence-electron chi connectivity index (χ1n) is 8.63. The average Bonchev–Trinajstić information content (AvgIpc) is 2.62. The molecule has 6 heteroatoms. The molecule has 27 heavy (non-hydrogen) atoms. The van der Waals surface area contributed by atoms with Crippen molar-refractivity contribution in [2.75, 3.05) is 5.32 Å². The molecule has 0 unspecified atom stereocenters. The molecule has 0 fully saturated rings. The van der Waals surface area contributed by atoms with Crippen molar-refractivity contribution in [1.82, 2.24) is 9.97 Å². The number of carbonyl (C=O) groups is 1. The van der Waals surface area contributed by atoms with E-state index in [0.717, 1.165) is 16.3 Å². The molecule has 0 aliphatic carbocycles. The van der Waals surface area contributed by atoms with Gasteiger partial charge < -0.3 is 5.32 Å². The summed E-state index contributed by atoms with van der Waals surface area (Å²) in [4.78, 5) is 21.9. The second kappa shape index (κ2) is 8.77. The van der Waals surface area contributed by atoms with Crippen molar-refractivity contribution in [2.24, 2.45) is 0 Å². The van der Waals surface area contributed by atoms with Crippen LogP contribution in [0.1, 0.15) is 23.4 Å². The van der Waals surface area contributed by atoms with Gasteiger partial charge in [-0.2, -0.15) is 0 Å². The van der Waals surface area contributed by atoms with E-state index < -0.39 is 0 Å². The summed E-state index contributed by atoms with van der Waals surface area (Å²) < 4.78 is 13.6. The number of anilines is 1. The Hall–Kier alpha value is -2.73. The first kappa shape index (κ1) is 19.0. The third-order valence-corrected chi connectivity index (χ3v) is 4.76. The number of hydrogen-bond donors (Lipinski definition) is 1. The number of amides is 1. The molecule has 0 spiro atoms. The summed E-state index contributed by atoms with van der Waals surface area (Å²) in [5.41, 5.74) is 3.12. The van der Waals surface area contributed by atoms with Crippen LogP contribution in [0.4, 0.5) is 10.1 Å². The van der Waals surface area contributed by atoms with Crippen LogP contribution in [0.15, 0.2) is 64.6 Å². The van der Waals surface area contributed by atoms with Crippen LogP contribution in [-0.2, 0) is 11.2 Å². The molecule has 1 N–H and O–H groups in total. The van der Waals surface area contributed by atoms with Crippen molar-refractivity contribution < 1.29 is 9.18 Å². The van der Waals surface area contributed by atoms with Gasteiger partial charge in [0.1, 0.15) is 5.82 Å². The van der Waals surface area contributed by atoms with E-state index in [1.165, 1.54) is 17.8 Å². The summed E-state index contributed by atoms with van der Waals surface area (Å²) in [5, 5.41) is 3.54. The van der Waals surface area contributed by atoms with Gasteiger partial charge in [0.2, 0.25) is 5.91 Å². The molecule has 2 aromatic carbocycles. The summed E-state index contributed by atoms with van der Waals surface area (Å²) in [6.45, 7) is 3.89. The predicted molar refractivity (Wildman–Crippen MR) is 105 cm³/mol. The van der Waals surface area contributed by atoms with Gasteiger partial charge in [-0.05, 0) is 74.0 Å². The number of carbonyl (C=O) groups excluding carboxylic acids is 1. The van der Waals surface area contributed by atoms with Gasteiger partial charge in [-0.25, -0.2) is 14.4 Å². The smallest absolute Gasteiger partial charge is 0.224 e. The lowest BCUT2D eigenvalue weighted by Crippen LogP contribution is -2.12. The monoisotopic (exact) mass is 381 g/mol. The molecule has 4 nitrogen and oxygen atoms in total. The molecule has 1 amide bonds. The highest BCUT2D eigenvalue weighted by atomic mass is 32.2. The lowest BCUT2D eigenvalue weighted by molar-refractivity contribution is -0.116. The van der Waals surface area contributed by atoms with Crippen LogP contribution < -0.4 is 5.32 Å². The highest BCUT2D eigenvalue weighted by Crippen LogP contribution is 2.26. The number of aryl methyl sites for hydroxylation is 3. The summed E-state index contributed by atoms with van der Waals surface area (Å²) in [7, 11) is 0. The number of hydrogen-bond acceptors (Lipinski definition) is 4. The van der Waals surface area contributed by atoms with Gasteiger partial charge >= 0.3 is 0 Å². The van der Waals surface area contributed by atoms with Gasteiger partial charge in [0.15, 0.2) is 5.16 Å². The van der Waals surface area contributed by atoms with Gasteiger partial charge in [-0.3, -0.25) is 4.79 Å². The highest BCUT2D eigenvalue weighted by molar-refractivity contribution is 7.99. The zero-order valence-electron chi connectivity index (χ0n) is 15.2. The molecule has 0 saturated heterocycles. The Morgan fingerprint density at radius 2 is 1.70 bits per heavy atom. The number of nitrogens with zero attached hydrogens (tertiary/aromatic N) is 2. The molecular weight excluding hydrogens is 361 g/mol. The van der Waals surface area contributed by atoms with Crippen LogP contribution in [-0.4, -0.2) is 15.9 Å². The fourth-order valence-corrected chi connectivity index (χ4v) is 3.49. The number of nitrogens with one attached hydrogen (secondary N) is 1. The van der Waals surface area contributed by atoms with Gasteiger partial charge in [-0.15, -0.1) is 0 Å². The summed E-state index contributed by atoms with van der Waals surface area (Å²) in [5.74, 6) is -0.420. The molecule has 0 radical (unpaired) electrons. The van der Waals surface area contributed by atoms with Crippen molar-refractivity contribution in [3.05, 3.63) is 77.4 Å². The lowest BCUT2D eigenvalue weighted by atomic mass is 10.1. The SMILES string of the molecule is Cc1cc(C)nc(Sc2ccc(NC(=O)CCc3ccccc3F)cc2)n1. The van der Waals surface area contributed by atoms with Crippen molar-refractivity contribution >= 4 is 23.4 Å². The first-order chi connectivity index (χ1) is 13.0. The summed E-state index contributed by atoms with van der Waals surface area (Å²) >= 11 is 1.48. The highest BCUT2D eigenvalue weighted by Gasteiger charge is 2.07. The van der Waals surface area contributed by atoms with E-state index in [1.807, 2.05) is 44.2 Å². The second-order valence-electron chi connectivity index (χ2n) is 6.20. The fourth-order valence-electron chi connectivity index (χ4n) is 2.62. The summed E-state index contributed by atoms with van der Waals surface area (Å²) in [6, 6.07) is 16.0. The normalized spacial score (nSPS) is 10.6. The second-order valence-corrected chi connectivity index (χ2v) is 7.24. The summed E-state index contributed by atoms with van der Waals surface area (Å²) in [6.07, 6.45) is 0.602. The minimum Gasteiger partial charge on any atom is -0.326 e. The van der Waals surface area contributed by atoms with Crippen LogP contribution in [0.2, 0.25) is 0 Å². The Morgan fingerprint density at radius 3 is 2.37 bits per heavy atom. The third-order valence-electron chi connectivity index (χ3n) is 3.89. The van der Waals surface area contributed by atoms with Gasteiger partial charge in [0.25, 0.3) is 0 Å². The molecular formula is C21H20FN3OS. The molecule has 0 atom stereocenters. The van der Waals surface area contributed by atoms with Crippen LogP contribution in [0.3, 0.4) is 0 Å². The minimum absolute atomic E-state index is 0.142. The quantitative estimate of drug-likeness (QED) is 0.614. The van der Waals surface area contributed by atoms with E-state index >= 15 is 0 Å². The van der Waals surface area contributed by atoms with Gasteiger partial charge in [0, 0.05) is 28.4 Å². The Labute approximate surface area is 162 Å². The van der Waals surface area contributed by atoms with Crippen molar-refractivity contribution in [3.8, 4) is 0 Å². The zero-order chi connectivity index (χ0) is 19.2. The fraction of sp³-hybridized carbons (Fsp3) is 0.190. The molecule has 0 aliphatic rings. The standard InChI is InChI=1S/C21H20FN3OS/c1-14-13-15(2)24-21(23-14)27-18-10-8-17(9-11-18)25-20(26)12-7-16-5-3-4-6-19(16)22/h3-6,8-11,13H,7,12H2,1-2H3,(H,25,26). The molecule has 3 aromatic rings. The number of benzene rings is 2. The predicted octanol–water partition coefficient (Wildman–Crippen LogP) is 4.96. The minimum atomic E-state index is -0.278. The maximum atomic E-state index is 13.6. The van der Waals surface area contributed by atoms with Crippen LogP contribution in [0, 0.1) is 19.7 Å². The maximum Gasteiger partial charge on any atom is 0.224 e. The Morgan fingerprint density at radius 1 is 1.04 bits per heavy atom. The van der Waals surface area contributed by atoms with Gasteiger partial charge in [-0.1, -0.05) is 18.2 Å². The largest absolute Gasteiger partial charge is 0.326 e. The van der Waals surface area contributed by atoms with Crippen LogP contribution in [0.5, 0.6) is 0 Å². The first-order valence-corrected chi connectivity index (χ1v) is 9.45. The van der Waals surface area contributed by atoms with Crippen molar-refractivity contribution in [3.63, 3.8) is 0 Å². The molecule has 3 rings (SSSR count). The molecule has 1 aromatic heterocycles. The average molecular weight is 381 g/mol. The third kappa shape index (κ3) is 5.62. The number of halogens is 1. The van der Waals surface area contributed by atoms with E-state index in [9.17, 15) is 9.18 Å². The lowest BCUT2D eigenvalue weighted by Gasteiger charge is -2.07. The van der Waals surface area contributed by atoms with Crippen molar-refractivity contribution in [2.45, 2.75) is 36.7 Å². The van der Waals surface area contributed by atoms with E-state index in [2.05, 4.69) is 15.3 Å². The van der Waals surface area contributed by atoms with E-state index in [4.69, 9.17) is 0 Å². The maximum absolute atomic E-state index is 13.6. The van der Waals surface area contributed by atoms with Gasteiger partial charge in [0.05, 0.1) is 0 Å². The Balaban J connectivity index is 1.55. The van der Waals surface area contributed by atoms with Crippen LogP contribution in [0.25, 0.3) is 0 Å². The van der Waals surface area contributed by atoms with E-state index in [-0.39, 0.29) is 18.1 Å². The molecule has 1 heterocycles. The number of rotatable bonds is 6. The topological polar surface area (TPSA) is 54.9 Å². The molecule has 0 bridgehead atoms. The number of aromatic nitrogens is 2. The van der Waals surface area contributed by atoms with Crippen molar-refractivity contribution in [1.29, 1.82) is 0 Å². The van der Waals surface area contributed by atoms with E-state index in [0.29, 0.717) is 22.8 Å². The molecule has 0 saturated carbocycles. The Kier molecular flexibility index (Phi) is 6.19. The molecule has 0 aliphatic heterocycles. The molecule has 138 valence electrons.